The third-order valence-electron chi connectivity index (χ3n) is 5.42. The summed E-state index contributed by atoms with van der Waals surface area (Å²) in [6, 6.07) is 9.62. The van der Waals surface area contributed by atoms with Gasteiger partial charge in [0.2, 0.25) is 15.9 Å². The van der Waals surface area contributed by atoms with E-state index in [-0.39, 0.29) is 29.9 Å². The number of sulfonamides is 1. The number of aryl methyl sites for hydroxylation is 1. The molecule has 2 aromatic rings. The van der Waals surface area contributed by atoms with Crippen LogP contribution in [0.4, 0.5) is 11.4 Å². The Morgan fingerprint density at radius 3 is 2.84 bits per heavy atom. The number of fused-ring (bicyclic) bond motifs is 1. The first-order valence-corrected chi connectivity index (χ1v) is 11.7. The maximum absolute atomic E-state index is 13.2. The smallest absolute Gasteiger partial charge is 0.262 e. The van der Waals surface area contributed by atoms with E-state index in [1.165, 1.54) is 22.5 Å². The number of hydrogen-bond acceptors (Lipinski definition) is 5. The summed E-state index contributed by atoms with van der Waals surface area (Å²) in [5.41, 5.74) is 1.80. The minimum atomic E-state index is -3.84. The van der Waals surface area contributed by atoms with Crippen LogP contribution in [0.3, 0.4) is 0 Å². The van der Waals surface area contributed by atoms with Gasteiger partial charge in [-0.1, -0.05) is 17.7 Å². The summed E-state index contributed by atoms with van der Waals surface area (Å²) in [4.78, 5) is 24.4. The molecule has 2 aliphatic rings. The second kappa shape index (κ2) is 8.49. The number of benzene rings is 2. The van der Waals surface area contributed by atoms with Gasteiger partial charge in [0.1, 0.15) is 5.75 Å². The van der Waals surface area contributed by atoms with Gasteiger partial charge in [-0.3, -0.25) is 9.59 Å². The number of carbonyl (C=O) groups excluding carboxylic acids is 2. The fourth-order valence-electron chi connectivity index (χ4n) is 3.66. The van der Waals surface area contributed by atoms with Crippen LogP contribution in [-0.4, -0.2) is 44.2 Å². The largest absolute Gasteiger partial charge is 0.482 e. The van der Waals surface area contributed by atoms with Gasteiger partial charge in [0.05, 0.1) is 16.5 Å². The molecule has 10 heteroatoms. The van der Waals surface area contributed by atoms with Gasteiger partial charge in [-0.15, -0.1) is 0 Å². The van der Waals surface area contributed by atoms with E-state index < -0.39 is 15.9 Å². The second-order valence-corrected chi connectivity index (χ2v) is 10.00. The lowest BCUT2D eigenvalue weighted by Gasteiger charge is -2.31. The van der Waals surface area contributed by atoms with E-state index in [9.17, 15) is 18.0 Å². The molecule has 8 nitrogen and oxygen atoms in total. The number of nitrogens with zero attached hydrogens (tertiary/aromatic N) is 1. The van der Waals surface area contributed by atoms with Crippen molar-refractivity contribution in [2.45, 2.75) is 24.7 Å². The number of piperidine rings is 1. The molecule has 31 heavy (non-hydrogen) atoms. The molecule has 0 saturated carbocycles. The number of amides is 2. The van der Waals surface area contributed by atoms with Crippen LogP contribution in [0.1, 0.15) is 18.4 Å². The Kier molecular flexibility index (Phi) is 5.92. The molecular weight excluding hydrogens is 442 g/mol. The maximum atomic E-state index is 13.2. The summed E-state index contributed by atoms with van der Waals surface area (Å²) in [6.45, 7) is 2.17. The third-order valence-corrected chi connectivity index (χ3v) is 7.68. The molecule has 2 N–H and O–H groups in total. The number of carbonyl (C=O) groups is 2. The zero-order chi connectivity index (χ0) is 22.2. The summed E-state index contributed by atoms with van der Waals surface area (Å²) in [5.74, 6) is -0.644. The molecule has 1 atom stereocenters. The molecule has 0 aromatic heterocycles. The van der Waals surface area contributed by atoms with Gasteiger partial charge >= 0.3 is 0 Å². The number of nitrogens with one attached hydrogen (secondary N) is 2. The van der Waals surface area contributed by atoms with Crippen LogP contribution in [0.2, 0.25) is 5.02 Å². The van der Waals surface area contributed by atoms with Gasteiger partial charge in [-0.2, -0.15) is 4.31 Å². The molecule has 2 heterocycles. The average Bonchev–Trinajstić information content (AvgIpc) is 2.75. The van der Waals surface area contributed by atoms with E-state index in [1.54, 1.807) is 12.1 Å². The standard InChI is InChI=1S/C21H22ClN3O5S/c1-13-4-5-15(9-17(13)22)23-21(27)14-3-2-8-25(11-14)31(28,29)16-6-7-19-18(10-16)24-20(26)12-30-19/h4-7,9-10,14H,2-3,8,11-12H2,1H3,(H,23,27)(H,24,26). The number of rotatable bonds is 4. The van der Waals surface area contributed by atoms with Gasteiger partial charge in [-0.25, -0.2) is 8.42 Å². The molecule has 1 fully saturated rings. The highest BCUT2D eigenvalue weighted by Crippen LogP contribution is 2.32. The molecule has 0 bridgehead atoms. The maximum Gasteiger partial charge on any atom is 0.262 e. The van der Waals surface area contributed by atoms with Crippen LogP contribution in [0.5, 0.6) is 5.75 Å². The van der Waals surface area contributed by atoms with E-state index in [2.05, 4.69) is 10.6 Å². The first-order valence-electron chi connectivity index (χ1n) is 9.88. The predicted molar refractivity (Wildman–Crippen MR) is 117 cm³/mol. The summed E-state index contributed by atoms with van der Waals surface area (Å²) in [6.07, 6.45) is 1.16. The molecule has 2 amide bonds. The van der Waals surface area contributed by atoms with Crippen molar-refractivity contribution in [1.82, 2.24) is 4.31 Å². The molecule has 0 radical (unpaired) electrons. The molecule has 164 valence electrons. The van der Waals surface area contributed by atoms with Crippen LogP contribution in [0.25, 0.3) is 0 Å². The Hall–Kier alpha value is -2.62. The van der Waals surface area contributed by atoms with Gasteiger partial charge in [-0.05, 0) is 55.7 Å². The Labute approximate surface area is 185 Å². The zero-order valence-electron chi connectivity index (χ0n) is 16.9. The molecule has 2 aliphatic heterocycles. The van der Waals surface area contributed by atoms with E-state index >= 15 is 0 Å². The highest BCUT2D eigenvalue weighted by atomic mass is 35.5. The predicted octanol–water partition coefficient (Wildman–Crippen LogP) is 3.02. The molecule has 2 aromatic carbocycles. The van der Waals surface area contributed by atoms with Crippen molar-refractivity contribution < 1.29 is 22.7 Å². The van der Waals surface area contributed by atoms with Crippen LogP contribution >= 0.6 is 11.6 Å². The van der Waals surface area contributed by atoms with Gasteiger partial charge < -0.3 is 15.4 Å². The van der Waals surface area contributed by atoms with Gasteiger partial charge in [0.15, 0.2) is 6.61 Å². The molecule has 0 aliphatic carbocycles. The average molecular weight is 464 g/mol. The summed E-state index contributed by atoms with van der Waals surface area (Å²) in [7, 11) is -3.84. The van der Waals surface area contributed by atoms with Gasteiger partial charge in [0.25, 0.3) is 5.91 Å². The molecule has 4 rings (SSSR count). The van der Waals surface area contributed by atoms with E-state index in [0.717, 1.165) is 5.56 Å². The normalized spacial score (nSPS) is 19.2. The fraction of sp³-hybridized carbons (Fsp3) is 0.333. The van der Waals surface area contributed by atoms with E-state index in [0.29, 0.717) is 41.5 Å². The van der Waals surface area contributed by atoms with Crippen LogP contribution in [-0.2, 0) is 19.6 Å². The first kappa shape index (κ1) is 21.6. The molecular formula is C21H22ClN3O5S. The monoisotopic (exact) mass is 463 g/mol. The quantitative estimate of drug-likeness (QED) is 0.725. The number of hydrogen-bond donors (Lipinski definition) is 2. The lowest BCUT2D eigenvalue weighted by atomic mass is 9.98. The minimum Gasteiger partial charge on any atom is -0.482 e. The van der Waals surface area contributed by atoms with Crippen molar-refractivity contribution >= 4 is 44.8 Å². The van der Waals surface area contributed by atoms with Crippen molar-refractivity contribution in [3.63, 3.8) is 0 Å². The molecule has 1 saturated heterocycles. The number of halogens is 1. The molecule has 0 spiro atoms. The molecule has 1 unspecified atom stereocenters. The Morgan fingerprint density at radius 2 is 2.06 bits per heavy atom. The first-order chi connectivity index (χ1) is 14.7. The topological polar surface area (TPSA) is 105 Å². The van der Waals surface area contributed by atoms with Crippen LogP contribution in [0, 0.1) is 12.8 Å². The SMILES string of the molecule is Cc1ccc(NC(=O)C2CCCN(S(=O)(=O)c3ccc4c(c3)NC(=O)CO4)C2)cc1Cl. The lowest BCUT2D eigenvalue weighted by Crippen LogP contribution is -2.43. The third kappa shape index (κ3) is 4.53. The van der Waals surface area contributed by atoms with Crippen molar-refractivity contribution in [2.24, 2.45) is 5.92 Å². The van der Waals surface area contributed by atoms with Crippen molar-refractivity contribution in [3.05, 3.63) is 47.0 Å². The van der Waals surface area contributed by atoms with Crippen LogP contribution < -0.4 is 15.4 Å². The Morgan fingerprint density at radius 1 is 1.26 bits per heavy atom. The second-order valence-electron chi connectivity index (χ2n) is 7.65. The van der Waals surface area contributed by atoms with E-state index in [4.69, 9.17) is 16.3 Å². The highest BCUT2D eigenvalue weighted by molar-refractivity contribution is 7.89. The Balaban J connectivity index is 1.49. The fourth-order valence-corrected chi connectivity index (χ4v) is 5.39. The Bertz CT molecular complexity index is 1150. The van der Waals surface area contributed by atoms with Gasteiger partial charge in [0, 0.05) is 23.8 Å². The minimum absolute atomic E-state index is 0.0448. The summed E-state index contributed by atoms with van der Waals surface area (Å²) in [5, 5.41) is 5.99. The van der Waals surface area contributed by atoms with Crippen LogP contribution in [0.15, 0.2) is 41.3 Å². The number of ether oxygens (including phenoxy) is 1. The summed E-state index contributed by atoms with van der Waals surface area (Å²) >= 11 is 6.12. The lowest BCUT2D eigenvalue weighted by molar-refractivity contribution is -0.121. The summed E-state index contributed by atoms with van der Waals surface area (Å²) < 4.78 is 33.0. The number of anilines is 2. The van der Waals surface area contributed by atoms with Crippen molar-refractivity contribution in [3.8, 4) is 5.75 Å². The highest BCUT2D eigenvalue weighted by Gasteiger charge is 2.34. The van der Waals surface area contributed by atoms with Crippen molar-refractivity contribution in [1.29, 1.82) is 0 Å². The van der Waals surface area contributed by atoms with Crippen molar-refractivity contribution in [2.75, 3.05) is 30.3 Å². The van der Waals surface area contributed by atoms with E-state index in [1.807, 2.05) is 13.0 Å². The zero-order valence-corrected chi connectivity index (χ0v) is 18.4.